The normalized spacial score (nSPS) is 15.4. The van der Waals surface area contributed by atoms with Gasteiger partial charge < -0.3 is 10.1 Å². The van der Waals surface area contributed by atoms with E-state index in [1.165, 1.54) is 4.52 Å². The number of aromatic nitrogens is 4. The number of anilines is 1. The highest BCUT2D eigenvalue weighted by Crippen LogP contribution is 2.16. The van der Waals surface area contributed by atoms with E-state index in [4.69, 9.17) is 16.3 Å². The summed E-state index contributed by atoms with van der Waals surface area (Å²) in [6.45, 7) is 4.21. The van der Waals surface area contributed by atoms with E-state index in [2.05, 4.69) is 25.3 Å². The molecule has 0 spiro atoms. The number of hydrogen-bond acceptors (Lipinski definition) is 6. The molecule has 136 valence electrons. The molecule has 0 unspecified atom stereocenters. The topological polar surface area (TPSA) is 87.6 Å². The molecule has 0 radical (unpaired) electrons. The zero-order valence-corrected chi connectivity index (χ0v) is 14.9. The van der Waals surface area contributed by atoms with Crippen LogP contribution in [0.4, 0.5) is 5.95 Å². The van der Waals surface area contributed by atoms with Crippen LogP contribution in [0.15, 0.2) is 35.1 Å². The minimum absolute atomic E-state index is 0.184. The van der Waals surface area contributed by atoms with Gasteiger partial charge in [0.25, 0.3) is 11.3 Å². The lowest BCUT2D eigenvalue weighted by atomic mass is 10.2. The van der Waals surface area contributed by atoms with Crippen molar-refractivity contribution in [1.29, 1.82) is 0 Å². The Morgan fingerprint density at radius 2 is 2.04 bits per heavy atom. The molecular weight excluding hydrogens is 356 g/mol. The van der Waals surface area contributed by atoms with Crippen molar-refractivity contribution in [2.24, 2.45) is 0 Å². The van der Waals surface area contributed by atoms with Crippen molar-refractivity contribution in [3.05, 3.63) is 57.0 Å². The van der Waals surface area contributed by atoms with Gasteiger partial charge in [0.05, 0.1) is 18.9 Å². The first kappa shape index (κ1) is 17.0. The molecule has 26 heavy (non-hydrogen) atoms. The second-order valence-corrected chi connectivity index (χ2v) is 6.53. The Bertz CT molecular complexity index is 963. The van der Waals surface area contributed by atoms with Crippen LogP contribution in [0, 0.1) is 0 Å². The average Bonchev–Trinajstić information content (AvgIpc) is 3.05. The smallest absolute Gasteiger partial charge is 0.274 e. The van der Waals surface area contributed by atoms with Gasteiger partial charge in [-0.05, 0) is 11.6 Å². The number of rotatable bonds is 5. The Kier molecular flexibility index (Phi) is 4.87. The lowest BCUT2D eigenvalue weighted by Crippen LogP contribution is -2.36. The van der Waals surface area contributed by atoms with Gasteiger partial charge in [-0.1, -0.05) is 29.8 Å². The van der Waals surface area contributed by atoms with Crippen LogP contribution >= 0.6 is 11.6 Å². The van der Waals surface area contributed by atoms with Gasteiger partial charge in [0.1, 0.15) is 0 Å². The highest BCUT2D eigenvalue weighted by molar-refractivity contribution is 6.31. The third-order valence-corrected chi connectivity index (χ3v) is 4.65. The molecule has 0 amide bonds. The van der Waals surface area contributed by atoms with Gasteiger partial charge >= 0.3 is 0 Å². The third kappa shape index (κ3) is 3.72. The van der Waals surface area contributed by atoms with E-state index in [1.54, 1.807) is 6.07 Å². The number of H-pyrrole nitrogens is 1. The molecule has 3 aromatic rings. The molecule has 2 aromatic heterocycles. The summed E-state index contributed by atoms with van der Waals surface area (Å²) in [5, 5.41) is 6.75. The number of fused-ring (bicyclic) bond motifs is 1. The van der Waals surface area contributed by atoms with Crippen molar-refractivity contribution in [2.45, 2.75) is 13.1 Å². The Labute approximate surface area is 154 Å². The van der Waals surface area contributed by atoms with Crippen molar-refractivity contribution < 1.29 is 4.74 Å². The van der Waals surface area contributed by atoms with E-state index in [0.29, 0.717) is 48.7 Å². The SMILES string of the molecule is O=c1cc(CN2CCOCC2)nc2nc(NCc3ccccc3Cl)[nH]n12. The molecule has 0 aliphatic carbocycles. The number of hydrogen-bond donors (Lipinski definition) is 2. The predicted octanol–water partition coefficient (Wildman–Crippen LogP) is 1.52. The number of morpholine rings is 1. The molecule has 1 fully saturated rings. The molecule has 2 N–H and O–H groups in total. The van der Waals surface area contributed by atoms with Crippen LogP contribution in [-0.2, 0) is 17.8 Å². The Balaban J connectivity index is 1.52. The average molecular weight is 375 g/mol. The molecule has 8 nitrogen and oxygen atoms in total. The molecular formula is C17H19ClN6O2. The van der Waals surface area contributed by atoms with Crippen LogP contribution in [0.25, 0.3) is 5.78 Å². The second-order valence-electron chi connectivity index (χ2n) is 6.13. The molecule has 1 aliphatic heterocycles. The lowest BCUT2D eigenvalue weighted by molar-refractivity contribution is 0.0336. The summed E-state index contributed by atoms with van der Waals surface area (Å²) < 4.78 is 6.67. The monoisotopic (exact) mass is 374 g/mol. The van der Waals surface area contributed by atoms with Crippen molar-refractivity contribution in [3.63, 3.8) is 0 Å². The Morgan fingerprint density at radius 1 is 1.23 bits per heavy atom. The maximum atomic E-state index is 12.3. The van der Waals surface area contributed by atoms with Gasteiger partial charge in [-0.3, -0.25) is 14.8 Å². The van der Waals surface area contributed by atoms with Gasteiger partial charge in [0.15, 0.2) is 0 Å². The van der Waals surface area contributed by atoms with Crippen molar-refractivity contribution in [2.75, 3.05) is 31.6 Å². The first-order valence-corrected chi connectivity index (χ1v) is 8.83. The minimum Gasteiger partial charge on any atom is -0.379 e. The number of nitrogens with zero attached hydrogens (tertiary/aromatic N) is 4. The number of halogens is 1. The lowest BCUT2D eigenvalue weighted by Gasteiger charge is -2.25. The van der Waals surface area contributed by atoms with Gasteiger partial charge in [-0.15, -0.1) is 0 Å². The van der Waals surface area contributed by atoms with Gasteiger partial charge in [0, 0.05) is 37.3 Å². The molecule has 1 saturated heterocycles. The Hall–Kier alpha value is -2.42. The van der Waals surface area contributed by atoms with E-state index in [0.717, 1.165) is 18.7 Å². The molecule has 1 aliphatic rings. The zero-order chi connectivity index (χ0) is 17.9. The summed E-state index contributed by atoms with van der Waals surface area (Å²) >= 11 is 6.16. The van der Waals surface area contributed by atoms with E-state index in [-0.39, 0.29) is 5.56 Å². The van der Waals surface area contributed by atoms with E-state index in [1.807, 2.05) is 24.3 Å². The van der Waals surface area contributed by atoms with Crippen molar-refractivity contribution in [3.8, 4) is 0 Å². The van der Waals surface area contributed by atoms with Crippen LogP contribution in [0.1, 0.15) is 11.3 Å². The number of aromatic amines is 1. The predicted molar refractivity (Wildman–Crippen MR) is 98.5 cm³/mol. The number of ether oxygens (including phenoxy) is 1. The molecule has 1 aromatic carbocycles. The van der Waals surface area contributed by atoms with Gasteiger partial charge in [-0.2, -0.15) is 9.50 Å². The molecule has 3 heterocycles. The van der Waals surface area contributed by atoms with Crippen LogP contribution < -0.4 is 10.9 Å². The fourth-order valence-electron chi connectivity index (χ4n) is 2.90. The van der Waals surface area contributed by atoms with E-state index >= 15 is 0 Å². The number of benzene rings is 1. The summed E-state index contributed by atoms with van der Waals surface area (Å²) in [6, 6.07) is 9.11. The van der Waals surface area contributed by atoms with Crippen LogP contribution in [-0.4, -0.2) is 50.8 Å². The Morgan fingerprint density at radius 3 is 2.85 bits per heavy atom. The molecule has 0 atom stereocenters. The van der Waals surface area contributed by atoms with Crippen molar-refractivity contribution >= 4 is 23.3 Å². The van der Waals surface area contributed by atoms with Crippen molar-refractivity contribution in [1.82, 2.24) is 24.5 Å². The largest absolute Gasteiger partial charge is 0.379 e. The standard InChI is InChI=1S/C17H19ClN6O2/c18-14-4-2-1-3-12(14)10-19-16-21-17-20-13(9-15(25)24(17)22-16)11-23-5-7-26-8-6-23/h1-4,9H,5-8,10-11H2,(H2,19,20,21,22). The summed E-state index contributed by atoms with van der Waals surface area (Å²) in [5.41, 5.74) is 1.47. The van der Waals surface area contributed by atoms with Crippen LogP contribution in [0.2, 0.25) is 5.02 Å². The third-order valence-electron chi connectivity index (χ3n) is 4.28. The molecule has 0 saturated carbocycles. The molecule has 9 heteroatoms. The number of nitrogens with one attached hydrogen (secondary N) is 2. The summed E-state index contributed by atoms with van der Waals surface area (Å²) in [7, 11) is 0. The van der Waals surface area contributed by atoms with E-state index in [9.17, 15) is 4.79 Å². The molecule has 4 rings (SSSR count). The maximum absolute atomic E-state index is 12.3. The summed E-state index contributed by atoms with van der Waals surface area (Å²) in [6.07, 6.45) is 0. The molecule has 0 bridgehead atoms. The first-order valence-electron chi connectivity index (χ1n) is 8.45. The fourth-order valence-corrected chi connectivity index (χ4v) is 3.10. The summed E-state index contributed by atoms with van der Waals surface area (Å²) in [5.74, 6) is 0.820. The zero-order valence-electron chi connectivity index (χ0n) is 14.1. The second kappa shape index (κ2) is 7.45. The summed E-state index contributed by atoms with van der Waals surface area (Å²) in [4.78, 5) is 23.4. The van der Waals surface area contributed by atoms with E-state index < -0.39 is 0 Å². The maximum Gasteiger partial charge on any atom is 0.274 e. The van der Waals surface area contributed by atoms with Gasteiger partial charge in [0.2, 0.25) is 5.95 Å². The van der Waals surface area contributed by atoms with Gasteiger partial charge in [-0.25, -0.2) is 4.98 Å². The fraction of sp³-hybridized carbons (Fsp3) is 0.353. The highest BCUT2D eigenvalue weighted by atomic mass is 35.5. The highest BCUT2D eigenvalue weighted by Gasteiger charge is 2.14. The minimum atomic E-state index is -0.184. The van der Waals surface area contributed by atoms with Crippen LogP contribution in [0.3, 0.4) is 0 Å². The quantitative estimate of drug-likeness (QED) is 0.704. The van der Waals surface area contributed by atoms with Crippen LogP contribution in [0.5, 0.6) is 0 Å². The first-order chi connectivity index (χ1) is 12.7.